The number of carbonyl (C=O) groups excluding carboxylic acids is 1. The molecule has 1 aliphatic carbocycles. The maximum Gasteiger partial charge on any atom is 0.405 e. The predicted molar refractivity (Wildman–Crippen MR) is 75.5 cm³/mol. The summed E-state index contributed by atoms with van der Waals surface area (Å²) in [4.78, 5) is 19.9. The number of hydrogen-bond acceptors (Lipinski definition) is 4. The van der Waals surface area contributed by atoms with Crippen LogP contribution in [-0.2, 0) is 4.79 Å². The largest absolute Gasteiger partial charge is 0.405 e. The van der Waals surface area contributed by atoms with E-state index in [1.807, 2.05) is 5.32 Å². The smallest absolute Gasteiger partial charge is 0.365 e. The van der Waals surface area contributed by atoms with Crippen molar-refractivity contribution in [2.75, 3.05) is 11.9 Å². The number of amides is 1. The van der Waals surface area contributed by atoms with Gasteiger partial charge >= 0.3 is 6.18 Å². The first kappa shape index (κ1) is 16.8. The Kier molecular flexibility index (Phi) is 5.44. The van der Waals surface area contributed by atoms with Crippen LogP contribution in [0.4, 0.5) is 19.0 Å². The van der Waals surface area contributed by atoms with Crippen molar-refractivity contribution in [3.8, 4) is 0 Å². The Morgan fingerprint density at radius 3 is 2.73 bits per heavy atom. The van der Waals surface area contributed by atoms with Gasteiger partial charge in [0, 0.05) is 6.04 Å². The lowest BCUT2D eigenvalue weighted by atomic mass is 9.84. The molecule has 1 aromatic rings. The van der Waals surface area contributed by atoms with Crippen LogP contribution >= 0.6 is 11.6 Å². The Morgan fingerprint density at radius 1 is 1.32 bits per heavy atom. The fourth-order valence-electron chi connectivity index (χ4n) is 2.54. The van der Waals surface area contributed by atoms with E-state index in [2.05, 4.69) is 15.3 Å². The summed E-state index contributed by atoms with van der Waals surface area (Å²) in [6.45, 7) is -1.31. The van der Waals surface area contributed by atoms with Gasteiger partial charge in [0.1, 0.15) is 17.5 Å². The minimum atomic E-state index is -4.41. The summed E-state index contributed by atoms with van der Waals surface area (Å²) in [6, 6.07) is -0.283. The Morgan fingerprint density at radius 2 is 2.05 bits per heavy atom. The van der Waals surface area contributed by atoms with Crippen molar-refractivity contribution in [1.82, 2.24) is 15.3 Å². The van der Waals surface area contributed by atoms with Crippen molar-refractivity contribution in [2.45, 2.75) is 37.9 Å². The van der Waals surface area contributed by atoms with Crippen LogP contribution in [0.15, 0.2) is 12.4 Å². The second-order valence-corrected chi connectivity index (χ2v) is 5.59. The number of aromatic nitrogens is 2. The predicted octanol–water partition coefficient (Wildman–Crippen LogP) is 2.78. The van der Waals surface area contributed by atoms with Gasteiger partial charge in [-0.2, -0.15) is 13.2 Å². The van der Waals surface area contributed by atoms with Gasteiger partial charge in [0.05, 0.1) is 18.3 Å². The first-order valence-electron chi connectivity index (χ1n) is 6.94. The van der Waals surface area contributed by atoms with Crippen molar-refractivity contribution >= 4 is 23.3 Å². The Hall–Kier alpha value is -1.57. The van der Waals surface area contributed by atoms with E-state index in [-0.39, 0.29) is 11.2 Å². The standard InChI is InChI=1S/C13H16ClF3N4O/c14-10-5-18-6-11(21-10)20-9-4-2-1-3-8(9)12(22)19-7-13(15,16)17/h5-6,8-9H,1-4,7H2,(H,19,22)(H,20,21)/t8-,9+/m0/s1. The van der Waals surface area contributed by atoms with Crippen LogP contribution in [-0.4, -0.2) is 34.6 Å². The first-order chi connectivity index (χ1) is 10.3. The molecule has 1 amide bonds. The fourth-order valence-corrected chi connectivity index (χ4v) is 2.68. The van der Waals surface area contributed by atoms with Gasteiger partial charge in [0.2, 0.25) is 5.91 Å². The number of halogens is 4. The molecule has 0 radical (unpaired) electrons. The molecule has 2 atom stereocenters. The summed E-state index contributed by atoms with van der Waals surface area (Å²) >= 11 is 5.74. The van der Waals surface area contributed by atoms with E-state index >= 15 is 0 Å². The Bertz CT molecular complexity index is 526. The van der Waals surface area contributed by atoms with E-state index in [0.717, 1.165) is 12.8 Å². The van der Waals surface area contributed by atoms with Crippen molar-refractivity contribution < 1.29 is 18.0 Å². The Balaban J connectivity index is 2.00. The summed E-state index contributed by atoms with van der Waals surface area (Å²) in [6.07, 6.45) is 1.35. The molecular formula is C13H16ClF3N4O. The number of alkyl halides is 3. The summed E-state index contributed by atoms with van der Waals surface area (Å²) in [5.74, 6) is -0.714. The van der Waals surface area contributed by atoms with Crippen LogP contribution in [0, 0.1) is 5.92 Å². The molecular weight excluding hydrogens is 321 g/mol. The molecule has 122 valence electrons. The lowest BCUT2D eigenvalue weighted by Crippen LogP contribution is -2.45. The second kappa shape index (κ2) is 7.13. The monoisotopic (exact) mass is 336 g/mol. The number of carbonyl (C=O) groups is 1. The van der Waals surface area contributed by atoms with Crippen LogP contribution in [0.25, 0.3) is 0 Å². The molecule has 1 fully saturated rings. The molecule has 0 bridgehead atoms. The van der Waals surface area contributed by atoms with E-state index in [1.165, 1.54) is 12.4 Å². The molecule has 1 aromatic heterocycles. The minimum absolute atomic E-state index is 0.207. The van der Waals surface area contributed by atoms with Crippen LogP contribution in [0.1, 0.15) is 25.7 Å². The SMILES string of the molecule is O=C(NCC(F)(F)F)[C@H]1CCCC[C@H]1Nc1cncc(Cl)n1. The molecule has 0 unspecified atom stereocenters. The van der Waals surface area contributed by atoms with E-state index in [1.54, 1.807) is 0 Å². The van der Waals surface area contributed by atoms with Gasteiger partial charge in [-0.15, -0.1) is 0 Å². The quantitative estimate of drug-likeness (QED) is 0.887. The highest BCUT2D eigenvalue weighted by Gasteiger charge is 2.34. The molecule has 2 rings (SSSR count). The zero-order valence-electron chi connectivity index (χ0n) is 11.7. The first-order valence-corrected chi connectivity index (χ1v) is 7.31. The van der Waals surface area contributed by atoms with Crippen LogP contribution in [0.3, 0.4) is 0 Å². The number of nitrogens with zero attached hydrogens (tertiary/aromatic N) is 2. The molecule has 9 heteroatoms. The van der Waals surface area contributed by atoms with Gasteiger partial charge in [0.25, 0.3) is 0 Å². The molecule has 1 saturated carbocycles. The number of rotatable bonds is 4. The molecule has 0 aromatic carbocycles. The molecule has 0 aliphatic heterocycles. The summed E-state index contributed by atoms with van der Waals surface area (Å²) in [5, 5.41) is 5.21. The molecule has 5 nitrogen and oxygen atoms in total. The van der Waals surface area contributed by atoms with Crippen LogP contribution in [0.5, 0.6) is 0 Å². The number of anilines is 1. The highest BCUT2D eigenvalue weighted by atomic mass is 35.5. The molecule has 1 heterocycles. The Labute approximate surface area is 130 Å². The number of hydrogen-bond donors (Lipinski definition) is 2. The maximum atomic E-state index is 12.2. The van der Waals surface area contributed by atoms with Crippen LogP contribution < -0.4 is 10.6 Å². The topological polar surface area (TPSA) is 66.9 Å². The lowest BCUT2D eigenvalue weighted by molar-refractivity contribution is -0.141. The zero-order chi connectivity index (χ0) is 16.2. The van der Waals surface area contributed by atoms with Crippen molar-refractivity contribution in [1.29, 1.82) is 0 Å². The van der Waals surface area contributed by atoms with Crippen LogP contribution in [0.2, 0.25) is 5.15 Å². The van der Waals surface area contributed by atoms with Gasteiger partial charge in [0.15, 0.2) is 0 Å². The van der Waals surface area contributed by atoms with Crippen molar-refractivity contribution in [3.05, 3.63) is 17.5 Å². The summed E-state index contributed by atoms with van der Waals surface area (Å²) in [5.41, 5.74) is 0. The third-order valence-electron chi connectivity index (χ3n) is 3.50. The summed E-state index contributed by atoms with van der Waals surface area (Å²) in [7, 11) is 0. The molecule has 1 aliphatic rings. The van der Waals surface area contributed by atoms with Gasteiger partial charge < -0.3 is 10.6 Å². The highest BCUT2D eigenvalue weighted by molar-refractivity contribution is 6.29. The summed E-state index contributed by atoms with van der Waals surface area (Å²) < 4.78 is 36.6. The normalized spacial score (nSPS) is 22.2. The second-order valence-electron chi connectivity index (χ2n) is 5.20. The fraction of sp³-hybridized carbons (Fsp3) is 0.615. The molecule has 0 spiro atoms. The molecule has 0 saturated heterocycles. The lowest BCUT2D eigenvalue weighted by Gasteiger charge is -2.31. The van der Waals surface area contributed by atoms with E-state index in [4.69, 9.17) is 11.6 Å². The minimum Gasteiger partial charge on any atom is -0.365 e. The molecule has 2 N–H and O–H groups in total. The van der Waals surface area contributed by atoms with Crippen molar-refractivity contribution in [2.24, 2.45) is 5.92 Å². The molecule has 22 heavy (non-hydrogen) atoms. The van der Waals surface area contributed by atoms with E-state index in [0.29, 0.717) is 18.7 Å². The van der Waals surface area contributed by atoms with Crippen molar-refractivity contribution in [3.63, 3.8) is 0 Å². The maximum absolute atomic E-state index is 12.2. The van der Waals surface area contributed by atoms with Gasteiger partial charge in [-0.25, -0.2) is 4.98 Å². The third kappa shape index (κ3) is 5.01. The van der Waals surface area contributed by atoms with Gasteiger partial charge in [-0.1, -0.05) is 24.4 Å². The average Bonchev–Trinajstić information content (AvgIpc) is 2.45. The number of nitrogens with one attached hydrogen (secondary N) is 2. The van der Waals surface area contributed by atoms with E-state index < -0.39 is 24.5 Å². The average molecular weight is 337 g/mol. The highest BCUT2D eigenvalue weighted by Crippen LogP contribution is 2.27. The van der Waals surface area contributed by atoms with Gasteiger partial charge in [-0.05, 0) is 12.8 Å². The van der Waals surface area contributed by atoms with Gasteiger partial charge in [-0.3, -0.25) is 9.78 Å². The van der Waals surface area contributed by atoms with E-state index in [9.17, 15) is 18.0 Å². The zero-order valence-corrected chi connectivity index (χ0v) is 12.4. The third-order valence-corrected chi connectivity index (χ3v) is 3.69.